The van der Waals surface area contributed by atoms with E-state index in [0.29, 0.717) is 21.2 Å². The summed E-state index contributed by atoms with van der Waals surface area (Å²) in [5.41, 5.74) is 2.48. The summed E-state index contributed by atoms with van der Waals surface area (Å²) in [7, 11) is 0. The fourth-order valence-electron chi connectivity index (χ4n) is 3.16. The van der Waals surface area contributed by atoms with Crippen LogP contribution in [0.1, 0.15) is 11.1 Å². The number of nitrogens with zero attached hydrogens (tertiary/aromatic N) is 1. The number of anilines is 1. The minimum Gasteiger partial charge on any atom is -0.268 e. The number of thioether (sulfide) groups is 1. The second-order valence-corrected chi connectivity index (χ2v) is 7.88. The molecule has 138 valence electrons. The number of hydrogen-bond acceptors (Lipinski definition) is 3. The van der Waals surface area contributed by atoms with Crippen LogP contribution in [0.4, 0.5) is 5.69 Å². The summed E-state index contributed by atoms with van der Waals surface area (Å²) in [6, 6.07) is 24.1. The predicted molar refractivity (Wildman–Crippen MR) is 114 cm³/mol. The second-order valence-electron chi connectivity index (χ2n) is 6.36. The molecule has 1 aliphatic heterocycles. The molecular weight excluding hydrogens is 390 g/mol. The van der Waals surface area contributed by atoms with E-state index in [-0.39, 0.29) is 11.8 Å². The van der Waals surface area contributed by atoms with Gasteiger partial charge in [0.1, 0.15) is 0 Å². The van der Waals surface area contributed by atoms with Crippen molar-refractivity contribution in [2.45, 2.75) is 11.8 Å². The maximum absolute atomic E-state index is 13.4. The van der Waals surface area contributed by atoms with Crippen molar-refractivity contribution in [3.8, 4) is 0 Å². The van der Waals surface area contributed by atoms with Crippen molar-refractivity contribution >= 4 is 46.4 Å². The summed E-state index contributed by atoms with van der Waals surface area (Å²) in [4.78, 5) is 29.3. The van der Waals surface area contributed by atoms with Crippen molar-refractivity contribution in [3.63, 3.8) is 0 Å². The van der Waals surface area contributed by atoms with E-state index in [2.05, 4.69) is 0 Å². The van der Waals surface area contributed by atoms with Gasteiger partial charge in [0.05, 0.1) is 16.2 Å². The van der Waals surface area contributed by atoms with Gasteiger partial charge in [0, 0.05) is 9.92 Å². The standard InChI is InChI=1S/C23H16ClNO2S/c1-15-14-17(24)12-13-19(15)25-22(26)20(16-8-4-2-5-9-16)21(23(25)27)28-18-10-6-3-7-11-18/h2-14H,1H3. The molecule has 3 aromatic rings. The lowest BCUT2D eigenvalue weighted by molar-refractivity contribution is -0.119. The lowest BCUT2D eigenvalue weighted by atomic mass is 10.1. The van der Waals surface area contributed by atoms with Crippen LogP contribution in [0.2, 0.25) is 5.02 Å². The van der Waals surface area contributed by atoms with Crippen LogP contribution < -0.4 is 4.90 Å². The number of carbonyl (C=O) groups is 2. The molecule has 0 spiro atoms. The van der Waals surface area contributed by atoms with Crippen LogP contribution in [0, 0.1) is 6.92 Å². The van der Waals surface area contributed by atoms with Crippen molar-refractivity contribution in [1.29, 1.82) is 0 Å². The van der Waals surface area contributed by atoms with Crippen molar-refractivity contribution in [2.75, 3.05) is 4.90 Å². The van der Waals surface area contributed by atoms with E-state index in [1.165, 1.54) is 16.7 Å². The molecule has 0 atom stereocenters. The normalized spacial score (nSPS) is 14.1. The van der Waals surface area contributed by atoms with Crippen molar-refractivity contribution in [1.82, 2.24) is 0 Å². The van der Waals surface area contributed by atoms with E-state index < -0.39 is 0 Å². The highest BCUT2D eigenvalue weighted by Gasteiger charge is 2.40. The van der Waals surface area contributed by atoms with E-state index in [9.17, 15) is 9.59 Å². The third kappa shape index (κ3) is 3.37. The molecule has 0 unspecified atom stereocenters. The Labute approximate surface area is 172 Å². The first-order valence-corrected chi connectivity index (χ1v) is 9.93. The summed E-state index contributed by atoms with van der Waals surface area (Å²) in [6.45, 7) is 1.84. The van der Waals surface area contributed by atoms with E-state index in [1.54, 1.807) is 18.2 Å². The molecule has 2 amide bonds. The molecule has 0 N–H and O–H groups in total. The molecule has 0 radical (unpaired) electrons. The molecule has 28 heavy (non-hydrogen) atoms. The maximum atomic E-state index is 13.4. The first kappa shape index (κ1) is 18.5. The first-order chi connectivity index (χ1) is 13.6. The molecule has 1 aliphatic rings. The van der Waals surface area contributed by atoms with Gasteiger partial charge in [0.2, 0.25) is 0 Å². The van der Waals surface area contributed by atoms with Gasteiger partial charge in [-0.15, -0.1) is 0 Å². The average Bonchev–Trinajstić information content (AvgIpc) is 2.94. The minimum atomic E-state index is -0.319. The summed E-state index contributed by atoms with van der Waals surface area (Å²) in [5.74, 6) is -0.636. The van der Waals surface area contributed by atoms with Gasteiger partial charge in [-0.25, -0.2) is 4.90 Å². The smallest absolute Gasteiger partial charge is 0.268 e. The van der Waals surface area contributed by atoms with Crippen LogP contribution in [0.5, 0.6) is 0 Å². The van der Waals surface area contributed by atoms with Gasteiger partial charge in [0.15, 0.2) is 0 Å². The van der Waals surface area contributed by atoms with Crippen LogP contribution >= 0.6 is 23.4 Å². The van der Waals surface area contributed by atoms with Gasteiger partial charge in [-0.2, -0.15) is 0 Å². The van der Waals surface area contributed by atoms with Gasteiger partial charge >= 0.3 is 0 Å². The Bertz CT molecular complexity index is 1090. The van der Waals surface area contributed by atoms with Gasteiger partial charge in [0.25, 0.3) is 11.8 Å². The molecular formula is C23H16ClNO2S. The van der Waals surface area contributed by atoms with Crippen molar-refractivity contribution in [3.05, 3.63) is 99.9 Å². The van der Waals surface area contributed by atoms with Gasteiger partial charge in [-0.05, 0) is 48.4 Å². The zero-order chi connectivity index (χ0) is 19.7. The Balaban J connectivity index is 1.84. The second kappa shape index (κ2) is 7.66. The number of amides is 2. The highest BCUT2D eigenvalue weighted by atomic mass is 35.5. The number of aryl methyl sites for hydroxylation is 1. The molecule has 0 fully saturated rings. The highest BCUT2D eigenvalue weighted by Crippen LogP contribution is 2.42. The first-order valence-electron chi connectivity index (χ1n) is 8.74. The van der Waals surface area contributed by atoms with Crippen LogP contribution in [-0.4, -0.2) is 11.8 Å². The molecule has 4 rings (SSSR count). The zero-order valence-corrected chi connectivity index (χ0v) is 16.6. The summed E-state index contributed by atoms with van der Waals surface area (Å²) < 4.78 is 0. The van der Waals surface area contributed by atoms with E-state index in [0.717, 1.165) is 16.0 Å². The molecule has 0 bridgehead atoms. The topological polar surface area (TPSA) is 37.4 Å². The Kier molecular flexibility index (Phi) is 5.07. The Hall–Kier alpha value is -2.82. The Morgan fingerprint density at radius 2 is 1.46 bits per heavy atom. The molecule has 0 saturated heterocycles. The van der Waals surface area contributed by atoms with Crippen LogP contribution in [0.25, 0.3) is 5.57 Å². The third-order valence-electron chi connectivity index (χ3n) is 4.47. The van der Waals surface area contributed by atoms with Crippen LogP contribution in [-0.2, 0) is 9.59 Å². The van der Waals surface area contributed by atoms with Crippen LogP contribution in [0.15, 0.2) is 88.7 Å². The van der Waals surface area contributed by atoms with Gasteiger partial charge < -0.3 is 0 Å². The van der Waals surface area contributed by atoms with Gasteiger partial charge in [-0.3, -0.25) is 9.59 Å². The number of hydrogen-bond donors (Lipinski definition) is 0. The zero-order valence-electron chi connectivity index (χ0n) is 15.1. The minimum absolute atomic E-state index is 0.317. The largest absolute Gasteiger partial charge is 0.272 e. The predicted octanol–water partition coefficient (Wildman–Crippen LogP) is 5.73. The fourth-order valence-corrected chi connectivity index (χ4v) is 4.40. The highest BCUT2D eigenvalue weighted by molar-refractivity contribution is 8.04. The van der Waals surface area contributed by atoms with E-state index in [4.69, 9.17) is 11.6 Å². The van der Waals surface area contributed by atoms with Gasteiger partial charge in [-0.1, -0.05) is 71.9 Å². The third-order valence-corrected chi connectivity index (χ3v) is 5.79. The number of imide groups is 1. The average molecular weight is 406 g/mol. The molecule has 3 aromatic carbocycles. The molecule has 5 heteroatoms. The van der Waals surface area contributed by atoms with E-state index >= 15 is 0 Å². The Morgan fingerprint density at radius 1 is 0.821 bits per heavy atom. The SMILES string of the molecule is Cc1cc(Cl)ccc1N1C(=O)C(Sc2ccccc2)=C(c2ccccc2)C1=O. The molecule has 0 saturated carbocycles. The monoisotopic (exact) mass is 405 g/mol. The Morgan fingerprint density at radius 3 is 2.11 bits per heavy atom. The molecule has 0 aromatic heterocycles. The fraction of sp³-hybridized carbons (Fsp3) is 0.0435. The van der Waals surface area contributed by atoms with Crippen molar-refractivity contribution < 1.29 is 9.59 Å². The number of carbonyl (C=O) groups excluding carboxylic acids is 2. The number of rotatable bonds is 4. The quantitative estimate of drug-likeness (QED) is 0.520. The summed E-state index contributed by atoms with van der Waals surface area (Å²) in [6.07, 6.45) is 0. The summed E-state index contributed by atoms with van der Waals surface area (Å²) in [5, 5.41) is 0.565. The molecule has 3 nitrogen and oxygen atoms in total. The maximum Gasteiger partial charge on any atom is 0.272 e. The molecule has 1 heterocycles. The lowest BCUT2D eigenvalue weighted by Crippen LogP contribution is -2.31. The van der Waals surface area contributed by atoms with E-state index in [1.807, 2.05) is 67.6 Å². The van der Waals surface area contributed by atoms with Crippen molar-refractivity contribution in [2.24, 2.45) is 0 Å². The summed E-state index contributed by atoms with van der Waals surface area (Å²) >= 11 is 7.37. The molecule has 0 aliphatic carbocycles. The number of benzene rings is 3. The lowest BCUT2D eigenvalue weighted by Gasteiger charge is -2.18. The number of halogens is 1. The van der Waals surface area contributed by atoms with Crippen LogP contribution in [0.3, 0.4) is 0 Å².